The molecular formula is C17H16N2O. The van der Waals surface area contributed by atoms with Gasteiger partial charge in [0.25, 0.3) is 0 Å². The number of nitrogens with zero attached hydrogens (tertiary/aromatic N) is 2. The Morgan fingerprint density at radius 1 is 1.10 bits per heavy atom. The van der Waals surface area contributed by atoms with E-state index in [-0.39, 0.29) is 6.10 Å². The summed E-state index contributed by atoms with van der Waals surface area (Å²) in [5.41, 5.74) is 3.74. The van der Waals surface area contributed by atoms with Crippen LogP contribution < -0.4 is 4.90 Å². The van der Waals surface area contributed by atoms with Gasteiger partial charge in [-0.2, -0.15) is 5.26 Å². The fourth-order valence-electron chi connectivity index (χ4n) is 2.67. The third-order valence-electron chi connectivity index (χ3n) is 3.73. The zero-order valence-corrected chi connectivity index (χ0v) is 11.2. The molecule has 1 aliphatic rings. The van der Waals surface area contributed by atoms with Gasteiger partial charge in [0.1, 0.15) is 6.07 Å². The van der Waals surface area contributed by atoms with Crippen molar-refractivity contribution in [1.29, 1.82) is 5.26 Å². The Hall–Kier alpha value is -2.31. The lowest BCUT2D eigenvalue weighted by Crippen LogP contribution is -2.22. The fraction of sp³-hybridized carbons (Fsp3) is 0.235. The zero-order chi connectivity index (χ0) is 13.9. The first-order valence-corrected chi connectivity index (χ1v) is 6.80. The summed E-state index contributed by atoms with van der Waals surface area (Å²) in [7, 11) is 0. The van der Waals surface area contributed by atoms with Crippen LogP contribution in [-0.2, 0) is 0 Å². The summed E-state index contributed by atoms with van der Waals surface area (Å²) in [5, 5.41) is 19.0. The van der Waals surface area contributed by atoms with Crippen molar-refractivity contribution in [3.63, 3.8) is 0 Å². The molecule has 1 N–H and O–H groups in total. The molecule has 3 rings (SSSR count). The molecule has 0 radical (unpaired) electrons. The molecule has 20 heavy (non-hydrogen) atoms. The van der Waals surface area contributed by atoms with E-state index in [0.29, 0.717) is 12.1 Å². The van der Waals surface area contributed by atoms with Gasteiger partial charge in [0, 0.05) is 13.1 Å². The first kappa shape index (κ1) is 12.7. The van der Waals surface area contributed by atoms with Crippen LogP contribution in [0.1, 0.15) is 12.0 Å². The second kappa shape index (κ2) is 5.36. The lowest BCUT2D eigenvalue weighted by molar-refractivity contribution is 0.198. The van der Waals surface area contributed by atoms with E-state index in [1.807, 2.05) is 48.5 Å². The molecule has 1 aliphatic heterocycles. The minimum absolute atomic E-state index is 0.282. The molecule has 1 fully saturated rings. The van der Waals surface area contributed by atoms with Crippen molar-refractivity contribution in [2.75, 3.05) is 18.0 Å². The summed E-state index contributed by atoms with van der Waals surface area (Å²) in [4.78, 5) is 2.08. The van der Waals surface area contributed by atoms with Gasteiger partial charge in [-0.05, 0) is 29.7 Å². The third kappa shape index (κ3) is 2.38. The quantitative estimate of drug-likeness (QED) is 0.907. The summed E-state index contributed by atoms with van der Waals surface area (Å²) in [6.45, 7) is 1.42. The summed E-state index contributed by atoms with van der Waals surface area (Å²) in [6, 6.07) is 18.3. The van der Waals surface area contributed by atoms with Gasteiger partial charge in [-0.1, -0.05) is 36.4 Å². The molecule has 3 heteroatoms. The van der Waals surface area contributed by atoms with Crippen molar-refractivity contribution in [2.45, 2.75) is 12.5 Å². The van der Waals surface area contributed by atoms with Gasteiger partial charge in [-0.3, -0.25) is 0 Å². The lowest BCUT2D eigenvalue weighted by atomic mass is 10.0. The van der Waals surface area contributed by atoms with Crippen molar-refractivity contribution >= 4 is 5.69 Å². The van der Waals surface area contributed by atoms with E-state index in [9.17, 15) is 10.4 Å². The van der Waals surface area contributed by atoms with Gasteiger partial charge in [0.15, 0.2) is 0 Å². The standard InChI is InChI=1S/C17H16N2O/c18-11-15-10-14(13-4-2-1-3-5-13)6-7-17(15)19-9-8-16(20)12-19/h1-7,10,16,20H,8-9,12H2/t16-/m0/s1. The van der Waals surface area contributed by atoms with Crippen LogP contribution in [0.15, 0.2) is 48.5 Å². The van der Waals surface area contributed by atoms with E-state index in [1.165, 1.54) is 0 Å². The smallest absolute Gasteiger partial charge is 0.101 e. The molecule has 0 spiro atoms. The van der Waals surface area contributed by atoms with E-state index in [1.54, 1.807) is 0 Å². The number of hydrogen-bond donors (Lipinski definition) is 1. The summed E-state index contributed by atoms with van der Waals surface area (Å²) >= 11 is 0. The molecule has 0 bridgehead atoms. The molecular weight excluding hydrogens is 248 g/mol. The maximum absolute atomic E-state index is 9.63. The van der Waals surface area contributed by atoms with Gasteiger partial charge >= 0.3 is 0 Å². The van der Waals surface area contributed by atoms with E-state index in [4.69, 9.17) is 0 Å². The molecule has 100 valence electrons. The molecule has 0 unspecified atom stereocenters. The van der Waals surface area contributed by atoms with Gasteiger partial charge in [-0.25, -0.2) is 0 Å². The highest BCUT2D eigenvalue weighted by Gasteiger charge is 2.22. The normalized spacial score (nSPS) is 18.0. The SMILES string of the molecule is N#Cc1cc(-c2ccccc2)ccc1N1CC[C@H](O)C1. The van der Waals surface area contributed by atoms with Crippen LogP contribution in [0, 0.1) is 11.3 Å². The average molecular weight is 264 g/mol. The van der Waals surface area contributed by atoms with Crippen LogP contribution in [0.5, 0.6) is 0 Å². The van der Waals surface area contributed by atoms with Crippen LogP contribution in [0.3, 0.4) is 0 Å². The summed E-state index contributed by atoms with van der Waals surface area (Å²) in [6.07, 6.45) is 0.487. The Bertz CT molecular complexity index is 646. The number of rotatable bonds is 2. The molecule has 3 nitrogen and oxygen atoms in total. The monoisotopic (exact) mass is 264 g/mol. The Labute approximate surface area is 118 Å². The molecule has 0 saturated carbocycles. The highest BCUT2D eigenvalue weighted by Crippen LogP contribution is 2.29. The Morgan fingerprint density at radius 2 is 1.90 bits per heavy atom. The van der Waals surface area contributed by atoms with Gasteiger partial charge in [-0.15, -0.1) is 0 Å². The van der Waals surface area contributed by atoms with Crippen molar-refractivity contribution in [1.82, 2.24) is 0 Å². The molecule has 1 saturated heterocycles. The van der Waals surface area contributed by atoms with Crippen LogP contribution in [0.2, 0.25) is 0 Å². The average Bonchev–Trinajstić information content (AvgIpc) is 2.94. The molecule has 2 aromatic carbocycles. The Morgan fingerprint density at radius 3 is 2.55 bits per heavy atom. The first-order valence-electron chi connectivity index (χ1n) is 6.80. The van der Waals surface area contributed by atoms with E-state index >= 15 is 0 Å². The predicted octanol–water partition coefficient (Wildman–Crippen LogP) is 2.80. The van der Waals surface area contributed by atoms with E-state index in [2.05, 4.69) is 11.0 Å². The van der Waals surface area contributed by atoms with E-state index in [0.717, 1.165) is 29.8 Å². The number of anilines is 1. The zero-order valence-electron chi connectivity index (χ0n) is 11.2. The largest absolute Gasteiger partial charge is 0.391 e. The first-order chi connectivity index (χ1) is 9.78. The second-order valence-electron chi connectivity index (χ2n) is 5.10. The van der Waals surface area contributed by atoms with Crippen molar-refractivity contribution in [2.24, 2.45) is 0 Å². The molecule has 2 aromatic rings. The van der Waals surface area contributed by atoms with Crippen LogP contribution in [-0.4, -0.2) is 24.3 Å². The van der Waals surface area contributed by atoms with E-state index < -0.39 is 0 Å². The fourth-order valence-corrected chi connectivity index (χ4v) is 2.67. The van der Waals surface area contributed by atoms with Gasteiger partial charge < -0.3 is 10.0 Å². The van der Waals surface area contributed by atoms with Gasteiger partial charge in [0.05, 0.1) is 17.4 Å². The maximum Gasteiger partial charge on any atom is 0.101 e. The molecule has 1 heterocycles. The third-order valence-corrected chi connectivity index (χ3v) is 3.73. The van der Waals surface area contributed by atoms with Crippen molar-refractivity contribution < 1.29 is 5.11 Å². The number of β-amino-alcohol motifs (C(OH)–C–C–N with tert-alkyl or cyclic N) is 1. The molecule has 1 atom stereocenters. The number of aliphatic hydroxyl groups is 1. The van der Waals surface area contributed by atoms with Crippen LogP contribution in [0.25, 0.3) is 11.1 Å². The lowest BCUT2D eigenvalue weighted by Gasteiger charge is -2.19. The molecule has 0 amide bonds. The number of benzene rings is 2. The topological polar surface area (TPSA) is 47.3 Å². The minimum Gasteiger partial charge on any atom is -0.391 e. The Kier molecular flexibility index (Phi) is 3.41. The summed E-state index contributed by atoms with van der Waals surface area (Å²) in [5.74, 6) is 0. The highest BCUT2D eigenvalue weighted by atomic mass is 16.3. The number of nitriles is 1. The summed E-state index contributed by atoms with van der Waals surface area (Å²) < 4.78 is 0. The van der Waals surface area contributed by atoms with Crippen molar-refractivity contribution in [3.8, 4) is 17.2 Å². The van der Waals surface area contributed by atoms with Gasteiger partial charge in [0.2, 0.25) is 0 Å². The Balaban J connectivity index is 1.97. The predicted molar refractivity (Wildman–Crippen MR) is 79.4 cm³/mol. The van der Waals surface area contributed by atoms with Crippen molar-refractivity contribution in [3.05, 3.63) is 54.1 Å². The second-order valence-corrected chi connectivity index (χ2v) is 5.10. The highest BCUT2D eigenvalue weighted by molar-refractivity contribution is 5.71. The number of aliphatic hydroxyl groups excluding tert-OH is 1. The minimum atomic E-state index is -0.282. The van der Waals surface area contributed by atoms with Crippen LogP contribution >= 0.6 is 0 Å². The number of hydrogen-bond acceptors (Lipinski definition) is 3. The molecule has 0 aliphatic carbocycles. The van der Waals surface area contributed by atoms with Crippen LogP contribution in [0.4, 0.5) is 5.69 Å². The molecule has 0 aromatic heterocycles. The maximum atomic E-state index is 9.63.